The summed E-state index contributed by atoms with van der Waals surface area (Å²) in [5.74, 6) is 6.50. The molecular formula is C42H62O4. The van der Waals surface area contributed by atoms with Gasteiger partial charge in [-0.05, 0) is 179 Å². The maximum Gasteiger partial charge on any atom is 0.155 e. The Kier molecular flexibility index (Phi) is 8.26. The first kappa shape index (κ1) is 33.0. The van der Waals surface area contributed by atoms with Gasteiger partial charge in [-0.1, -0.05) is 38.8 Å². The van der Waals surface area contributed by atoms with E-state index >= 15 is 0 Å². The van der Waals surface area contributed by atoms with E-state index in [1.807, 2.05) is 19.1 Å². The van der Waals surface area contributed by atoms with Crippen LogP contribution in [0.3, 0.4) is 0 Å². The molecule has 0 aromatic heterocycles. The van der Waals surface area contributed by atoms with Crippen LogP contribution in [0.5, 0.6) is 0 Å². The van der Waals surface area contributed by atoms with Crippen molar-refractivity contribution in [3.8, 4) is 0 Å². The maximum atomic E-state index is 12.1. The molecule has 0 spiro atoms. The lowest BCUT2D eigenvalue weighted by Gasteiger charge is -2.58. The lowest BCUT2D eigenvalue weighted by atomic mass is 9.46. The summed E-state index contributed by atoms with van der Waals surface area (Å²) in [7, 11) is 0. The van der Waals surface area contributed by atoms with Gasteiger partial charge in [-0.25, -0.2) is 0 Å². The number of carbonyl (C=O) groups excluding carboxylic acids is 3. The lowest BCUT2D eigenvalue weighted by Crippen LogP contribution is -2.51. The molecule has 254 valence electrons. The Balaban J connectivity index is 0.000000147. The number of ketones is 3. The third-order valence-corrected chi connectivity index (χ3v) is 17.1. The van der Waals surface area contributed by atoms with E-state index in [0.717, 1.165) is 80.5 Å². The lowest BCUT2D eigenvalue weighted by molar-refractivity contribution is -0.128. The fourth-order valence-electron chi connectivity index (χ4n) is 14.6. The van der Waals surface area contributed by atoms with E-state index in [1.54, 1.807) is 6.92 Å². The first-order valence-corrected chi connectivity index (χ1v) is 19.4. The van der Waals surface area contributed by atoms with Crippen molar-refractivity contribution in [2.75, 3.05) is 0 Å². The molecule has 1 N–H and O–H groups in total. The van der Waals surface area contributed by atoms with E-state index in [1.165, 1.54) is 68.9 Å². The van der Waals surface area contributed by atoms with Crippen LogP contribution in [0.2, 0.25) is 0 Å². The number of fused-ring (bicyclic) bond motifs is 10. The maximum absolute atomic E-state index is 12.1. The number of aliphatic hydroxyl groups is 1. The van der Waals surface area contributed by atoms with Gasteiger partial charge in [0.05, 0.1) is 6.10 Å². The second-order valence-corrected chi connectivity index (χ2v) is 18.7. The molecule has 4 nitrogen and oxygen atoms in total. The van der Waals surface area contributed by atoms with Crippen LogP contribution in [0, 0.1) is 69.0 Å². The van der Waals surface area contributed by atoms with Crippen LogP contribution in [0.1, 0.15) is 144 Å². The SMILES string of the molecule is CC(=O)[C@H]1CC[C@H]2[C@@H]3CCC4=CC(=O)CC[C@@]4(C)[C@@H]3CC[C@]12C.C[C@H](O)[C@H]1CC[C@H]2[C@@H]3CCC4=CC(=O)CC[C@@]4(C)[C@@H]3CC[C@]12C. The summed E-state index contributed by atoms with van der Waals surface area (Å²) in [4.78, 5) is 35.9. The van der Waals surface area contributed by atoms with Crippen molar-refractivity contribution in [3.05, 3.63) is 23.3 Å². The molecule has 8 aliphatic carbocycles. The van der Waals surface area contributed by atoms with Crippen LogP contribution < -0.4 is 0 Å². The van der Waals surface area contributed by atoms with Gasteiger partial charge >= 0.3 is 0 Å². The second-order valence-electron chi connectivity index (χ2n) is 18.7. The molecule has 6 saturated carbocycles. The van der Waals surface area contributed by atoms with Crippen LogP contribution in [-0.2, 0) is 14.4 Å². The minimum atomic E-state index is -0.163. The van der Waals surface area contributed by atoms with Gasteiger partial charge in [0.25, 0.3) is 0 Å². The molecule has 46 heavy (non-hydrogen) atoms. The average molecular weight is 631 g/mol. The van der Waals surface area contributed by atoms with Crippen LogP contribution in [0.15, 0.2) is 23.3 Å². The van der Waals surface area contributed by atoms with E-state index in [9.17, 15) is 19.5 Å². The molecule has 0 bridgehead atoms. The van der Waals surface area contributed by atoms with Gasteiger partial charge in [0.1, 0.15) is 5.78 Å². The third-order valence-electron chi connectivity index (χ3n) is 17.1. The van der Waals surface area contributed by atoms with Crippen LogP contribution >= 0.6 is 0 Å². The molecule has 4 heteroatoms. The predicted octanol–water partition coefficient (Wildman–Crippen LogP) is 9.24. The van der Waals surface area contributed by atoms with Gasteiger partial charge < -0.3 is 5.11 Å². The smallest absolute Gasteiger partial charge is 0.155 e. The van der Waals surface area contributed by atoms with Gasteiger partial charge in [0.15, 0.2) is 11.6 Å². The summed E-state index contributed by atoms with van der Waals surface area (Å²) in [6.45, 7) is 13.6. The third kappa shape index (κ3) is 4.86. The molecular weight excluding hydrogens is 568 g/mol. The Morgan fingerprint density at radius 3 is 1.63 bits per heavy atom. The number of carbonyl (C=O) groups is 3. The molecule has 6 fully saturated rings. The van der Waals surface area contributed by atoms with Crippen molar-refractivity contribution in [3.63, 3.8) is 0 Å². The van der Waals surface area contributed by atoms with E-state index in [-0.39, 0.29) is 22.3 Å². The number of allylic oxidation sites excluding steroid dienone is 2. The van der Waals surface area contributed by atoms with E-state index in [4.69, 9.17) is 0 Å². The summed E-state index contributed by atoms with van der Waals surface area (Å²) in [6, 6.07) is 0. The van der Waals surface area contributed by atoms with Crippen molar-refractivity contribution >= 4 is 17.3 Å². The highest BCUT2D eigenvalue weighted by atomic mass is 16.3. The van der Waals surface area contributed by atoms with Crippen LogP contribution in [0.25, 0.3) is 0 Å². The molecule has 0 saturated heterocycles. The van der Waals surface area contributed by atoms with E-state index < -0.39 is 0 Å². The fraction of sp³-hybridized carbons (Fsp3) is 0.833. The fourth-order valence-corrected chi connectivity index (χ4v) is 14.6. The highest BCUT2D eigenvalue weighted by molar-refractivity contribution is 5.92. The van der Waals surface area contributed by atoms with Crippen molar-refractivity contribution in [1.29, 1.82) is 0 Å². The Morgan fingerprint density at radius 2 is 1.13 bits per heavy atom. The highest BCUT2D eigenvalue weighted by Crippen LogP contribution is 2.68. The summed E-state index contributed by atoms with van der Waals surface area (Å²) in [6.07, 6.45) is 22.1. The molecule has 0 aliphatic heterocycles. The van der Waals surface area contributed by atoms with Crippen molar-refractivity contribution in [1.82, 2.24) is 0 Å². The largest absolute Gasteiger partial charge is 0.393 e. The molecule has 8 aliphatic rings. The number of Topliss-reactive ketones (excluding diaryl/α,β-unsaturated/α-hetero) is 1. The average Bonchev–Trinajstić information content (AvgIpc) is 3.55. The Morgan fingerprint density at radius 1 is 0.652 bits per heavy atom. The van der Waals surface area contributed by atoms with Gasteiger partial charge in [0, 0.05) is 18.8 Å². The Bertz CT molecular complexity index is 1340. The summed E-state index contributed by atoms with van der Waals surface area (Å²) < 4.78 is 0. The summed E-state index contributed by atoms with van der Waals surface area (Å²) in [5.41, 5.74) is 4.03. The zero-order valence-electron chi connectivity index (χ0n) is 29.8. The van der Waals surface area contributed by atoms with Gasteiger partial charge in [-0.3, -0.25) is 14.4 Å². The Labute approximate surface area is 279 Å². The molecule has 0 unspecified atom stereocenters. The highest BCUT2D eigenvalue weighted by Gasteiger charge is 2.61. The van der Waals surface area contributed by atoms with Crippen LogP contribution in [-0.4, -0.2) is 28.6 Å². The van der Waals surface area contributed by atoms with Crippen molar-refractivity contribution in [2.24, 2.45) is 69.0 Å². The zero-order chi connectivity index (χ0) is 32.8. The second kappa shape index (κ2) is 11.5. The predicted molar refractivity (Wildman–Crippen MR) is 183 cm³/mol. The van der Waals surface area contributed by atoms with Gasteiger partial charge in [-0.15, -0.1) is 0 Å². The van der Waals surface area contributed by atoms with E-state index in [0.29, 0.717) is 34.6 Å². The number of rotatable bonds is 2. The topological polar surface area (TPSA) is 71.4 Å². The molecule has 0 aromatic rings. The first-order valence-electron chi connectivity index (χ1n) is 19.4. The molecule has 8 rings (SSSR count). The molecule has 0 radical (unpaired) electrons. The minimum absolute atomic E-state index is 0.163. The normalized spacial score (nSPS) is 49.8. The Hall–Kier alpha value is -1.55. The quantitative estimate of drug-likeness (QED) is 0.330. The molecule has 0 heterocycles. The molecule has 0 amide bonds. The zero-order valence-corrected chi connectivity index (χ0v) is 29.8. The van der Waals surface area contributed by atoms with Crippen molar-refractivity contribution in [2.45, 2.75) is 150 Å². The van der Waals surface area contributed by atoms with E-state index in [2.05, 4.69) is 27.7 Å². The standard InChI is InChI=1S/C21H32O2.C21H30O2/c2*1-13(22)17-6-7-18-16-5-4-14-12-15(23)8-10-20(14,2)19(16)9-11-21(17,18)3/h12-13,16-19,22H,4-11H2,1-3H3;12,16-19H,4-11H2,1-3H3/t13-,16-,17+,18-,19+,20+,21+;16-,17+,18-,19+,20+,21+/m00/s1. The summed E-state index contributed by atoms with van der Waals surface area (Å²) >= 11 is 0. The minimum Gasteiger partial charge on any atom is -0.393 e. The number of hydrogen-bond acceptors (Lipinski definition) is 4. The van der Waals surface area contributed by atoms with Gasteiger partial charge in [0.2, 0.25) is 0 Å². The first-order chi connectivity index (χ1) is 21.7. The van der Waals surface area contributed by atoms with Crippen LogP contribution in [0.4, 0.5) is 0 Å². The number of aliphatic hydroxyl groups excluding tert-OH is 1. The summed E-state index contributed by atoms with van der Waals surface area (Å²) in [5, 5.41) is 10.3. The van der Waals surface area contributed by atoms with Crippen molar-refractivity contribution < 1.29 is 19.5 Å². The van der Waals surface area contributed by atoms with Gasteiger partial charge in [-0.2, -0.15) is 0 Å². The molecule has 0 aromatic carbocycles. The monoisotopic (exact) mass is 630 g/mol. The number of hydrogen-bond donors (Lipinski definition) is 1. The molecule has 13 atom stereocenters.